The van der Waals surface area contributed by atoms with Gasteiger partial charge in [-0.3, -0.25) is 5.32 Å². The number of rotatable bonds is 1. The maximum atomic E-state index is 8.64. The van der Waals surface area contributed by atoms with E-state index in [-0.39, 0.29) is 0 Å². The van der Waals surface area contributed by atoms with Gasteiger partial charge in [-0.25, -0.2) is 4.99 Å². The number of nitrogens with zero attached hydrogens (tertiary/aromatic N) is 2. The molecule has 1 aliphatic rings. The van der Waals surface area contributed by atoms with E-state index >= 15 is 0 Å². The van der Waals surface area contributed by atoms with Crippen LogP contribution in [0.4, 0.5) is 5.69 Å². The highest BCUT2D eigenvalue weighted by atomic mass is 32.2. The first-order chi connectivity index (χ1) is 8.24. The van der Waals surface area contributed by atoms with E-state index in [1.54, 1.807) is 0 Å². The van der Waals surface area contributed by atoms with Crippen molar-refractivity contribution in [2.45, 2.75) is 26.2 Å². The number of fused-ring (bicyclic) bond motifs is 1. The zero-order chi connectivity index (χ0) is 12.3. The number of amidine groups is 1. The molecule has 3 nitrogen and oxygen atoms in total. The average molecular weight is 245 g/mol. The predicted molar refractivity (Wildman–Crippen MR) is 72.6 cm³/mol. The number of nitrogens with one attached hydrogen (secondary N) is 1. The quantitative estimate of drug-likeness (QED) is 0.358. The minimum atomic E-state index is 0.659. The van der Waals surface area contributed by atoms with E-state index < -0.39 is 0 Å². The zero-order valence-electron chi connectivity index (χ0n) is 10.1. The van der Waals surface area contributed by atoms with Crippen molar-refractivity contribution in [2.24, 2.45) is 4.99 Å². The molecule has 0 fully saturated rings. The van der Waals surface area contributed by atoms with Gasteiger partial charge in [0.25, 0.3) is 0 Å². The topological polar surface area (TPSA) is 48.2 Å². The van der Waals surface area contributed by atoms with Crippen LogP contribution in [-0.4, -0.2) is 11.4 Å². The maximum absolute atomic E-state index is 8.64. The highest BCUT2D eigenvalue weighted by Crippen LogP contribution is 2.32. The number of nitriles is 1. The molecule has 4 heteroatoms. The lowest BCUT2D eigenvalue weighted by molar-refractivity contribution is 0.911. The van der Waals surface area contributed by atoms with E-state index in [1.807, 2.05) is 12.4 Å². The molecule has 0 amide bonds. The number of hydrogen-bond acceptors (Lipinski definition) is 3. The van der Waals surface area contributed by atoms with Crippen LogP contribution in [0.3, 0.4) is 0 Å². The van der Waals surface area contributed by atoms with Gasteiger partial charge in [0.1, 0.15) is 0 Å². The number of aliphatic imine (C=N–C) groups is 1. The van der Waals surface area contributed by atoms with E-state index in [0.29, 0.717) is 5.17 Å². The summed E-state index contributed by atoms with van der Waals surface area (Å²) in [4.78, 5) is 4.55. The smallest absolute Gasteiger partial charge is 0.183 e. The average Bonchev–Trinajstić information content (AvgIpc) is 2.76. The van der Waals surface area contributed by atoms with Gasteiger partial charge in [0.15, 0.2) is 11.4 Å². The van der Waals surface area contributed by atoms with E-state index in [2.05, 4.69) is 29.4 Å². The lowest BCUT2D eigenvalue weighted by Crippen LogP contribution is -2.12. The van der Waals surface area contributed by atoms with E-state index in [1.165, 1.54) is 34.9 Å². The third kappa shape index (κ3) is 2.62. The van der Waals surface area contributed by atoms with Crippen molar-refractivity contribution in [3.63, 3.8) is 0 Å². The van der Waals surface area contributed by atoms with Gasteiger partial charge in [-0.2, -0.15) is 5.26 Å². The molecule has 2 rings (SSSR count). The Morgan fingerprint density at radius 1 is 1.47 bits per heavy atom. The van der Waals surface area contributed by atoms with Crippen molar-refractivity contribution in [1.29, 1.82) is 5.26 Å². The van der Waals surface area contributed by atoms with Crippen LogP contribution < -0.4 is 5.32 Å². The highest BCUT2D eigenvalue weighted by molar-refractivity contribution is 8.13. The summed E-state index contributed by atoms with van der Waals surface area (Å²) in [5.74, 6) is 0. The Morgan fingerprint density at radius 3 is 3.00 bits per heavy atom. The van der Waals surface area contributed by atoms with Crippen molar-refractivity contribution in [3.05, 3.63) is 28.8 Å². The number of aryl methyl sites for hydroxylation is 2. The Morgan fingerprint density at radius 2 is 2.29 bits per heavy atom. The fourth-order valence-corrected chi connectivity index (χ4v) is 2.56. The molecule has 0 saturated carbocycles. The minimum absolute atomic E-state index is 0.659. The second kappa shape index (κ2) is 5.24. The Hall–Kier alpha value is -1.47. The van der Waals surface area contributed by atoms with Gasteiger partial charge in [-0.15, -0.1) is 0 Å². The van der Waals surface area contributed by atoms with Crippen LogP contribution in [0.25, 0.3) is 0 Å². The molecule has 0 aromatic heterocycles. The molecule has 0 aliphatic heterocycles. The molecule has 0 saturated heterocycles. The van der Waals surface area contributed by atoms with Gasteiger partial charge in [0.2, 0.25) is 0 Å². The van der Waals surface area contributed by atoms with Crippen LogP contribution in [-0.2, 0) is 12.8 Å². The minimum Gasteiger partial charge on any atom is -0.271 e. The Balaban J connectivity index is 2.42. The lowest BCUT2D eigenvalue weighted by atomic mass is 10.1. The molecule has 0 radical (unpaired) electrons. The molecule has 1 aromatic rings. The van der Waals surface area contributed by atoms with E-state index in [0.717, 1.165) is 18.5 Å². The molecular weight excluding hydrogens is 230 g/mol. The molecule has 1 N–H and O–H groups in total. The molecule has 1 aliphatic carbocycles. The summed E-state index contributed by atoms with van der Waals surface area (Å²) in [6.45, 7) is 2.09. The van der Waals surface area contributed by atoms with E-state index in [4.69, 9.17) is 5.26 Å². The van der Waals surface area contributed by atoms with Gasteiger partial charge < -0.3 is 0 Å². The van der Waals surface area contributed by atoms with Crippen molar-refractivity contribution in [3.8, 4) is 6.19 Å². The van der Waals surface area contributed by atoms with Gasteiger partial charge in [0.05, 0.1) is 5.69 Å². The van der Waals surface area contributed by atoms with E-state index in [9.17, 15) is 0 Å². The third-order valence-corrected chi connectivity index (χ3v) is 3.49. The first kappa shape index (κ1) is 12.0. The third-order valence-electron chi connectivity index (χ3n) is 2.91. The number of benzene rings is 1. The second-order valence-electron chi connectivity index (χ2n) is 4.13. The largest absolute Gasteiger partial charge is 0.271 e. The van der Waals surface area contributed by atoms with Crippen LogP contribution in [0.5, 0.6) is 0 Å². The number of thioether (sulfide) groups is 1. The molecule has 0 bridgehead atoms. The maximum Gasteiger partial charge on any atom is 0.183 e. The molecule has 88 valence electrons. The standard InChI is InChI=1S/C13H15N3S/c1-9-6-10-4-3-5-11(10)12(7-9)16-13(17-2)15-8-14/h6-7H,3-5H2,1-2H3,(H,15,16). The summed E-state index contributed by atoms with van der Waals surface area (Å²) in [5, 5.41) is 11.9. The van der Waals surface area contributed by atoms with Crippen LogP contribution in [0.1, 0.15) is 23.1 Å². The first-order valence-electron chi connectivity index (χ1n) is 5.65. The highest BCUT2D eigenvalue weighted by Gasteiger charge is 2.15. The summed E-state index contributed by atoms with van der Waals surface area (Å²) in [5.41, 5.74) is 5.02. The summed E-state index contributed by atoms with van der Waals surface area (Å²) >= 11 is 1.46. The van der Waals surface area contributed by atoms with Crippen LogP contribution >= 0.6 is 11.8 Å². The molecular formula is C13H15N3S. The van der Waals surface area contributed by atoms with Crippen LogP contribution in [0.15, 0.2) is 17.1 Å². The summed E-state index contributed by atoms with van der Waals surface area (Å²) < 4.78 is 0. The summed E-state index contributed by atoms with van der Waals surface area (Å²) in [6, 6.07) is 4.34. The van der Waals surface area contributed by atoms with Gasteiger partial charge in [-0.05, 0) is 55.2 Å². The van der Waals surface area contributed by atoms with Gasteiger partial charge in [-0.1, -0.05) is 17.8 Å². The fraction of sp³-hybridized carbons (Fsp3) is 0.385. The SMILES string of the molecule is CSC(=Nc1cc(C)cc2c1CCC2)NC#N. The normalized spacial score (nSPS) is 14.3. The van der Waals surface area contributed by atoms with Gasteiger partial charge >= 0.3 is 0 Å². The lowest BCUT2D eigenvalue weighted by Gasteiger charge is -2.07. The number of hydrogen-bond donors (Lipinski definition) is 1. The summed E-state index contributed by atoms with van der Waals surface area (Å²) in [7, 11) is 0. The Kier molecular flexibility index (Phi) is 3.70. The molecule has 17 heavy (non-hydrogen) atoms. The molecule has 1 aromatic carbocycles. The fourth-order valence-electron chi connectivity index (χ4n) is 2.22. The monoisotopic (exact) mass is 245 g/mol. The summed E-state index contributed by atoms with van der Waals surface area (Å²) in [6.07, 6.45) is 7.30. The zero-order valence-corrected chi connectivity index (χ0v) is 10.9. The van der Waals surface area contributed by atoms with Crippen LogP contribution in [0, 0.1) is 18.4 Å². The molecule has 0 spiro atoms. The van der Waals surface area contributed by atoms with Crippen molar-refractivity contribution < 1.29 is 0 Å². The molecule has 0 atom stereocenters. The molecule has 0 heterocycles. The first-order valence-corrected chi connectivity index (χ1v) is 6.87. The van der Waals surface area contributed by atoms with Crippen LogP contribution in [0.2, 0.25) is 0 Å². The van der Waals surface area contributed by atoms with Gasteiger partial charge in [0, 0.05) is 0 Å². The Labute approximate surface area is 106 Å². The van der Waals surface area contributed by atoms with Crippen molar-refractivity contribution >= 4 is 22.6 Å². The predicted octanol–water partition coefficient (Wildman–Crippen LogP) is 2.90. The Bertz CT molecular complexity index is 500. The van der Waals surface area contributed by atoms with Crippen molar-refractivity contribution in [1.82, 2.24) is 5.32 Å². The second-order valence-corrected chi connectivity index (χ2v) is 4.93. The molecule has 0 unspecified atom stereocenters. The van der Waals surface area contributed by atoms with Crippen molar-refractivity contribution in [2.75, 3.05) is 6.26 Å².